The van der Waals surface area contributed by atoms with E-state index in [1.165, 1.54) is 24.8 Å². The summed E-state index contributed by atoms with van der Waals surface area (Å²) < 4.78 is 4.93. The number of nitrogens with one attached hydrogen (secondary N) is 1. The largest absolute Gasteiger partial charge is 0.465 e. The first kappa shape index (κ1) is 29.1. The Morgan fingerprint density at radius 3 is 2.24 bits per heavy atom. The van der Waals surface area contributed by atoms with E-state index in [1.54, 1.807) is 18.2 Å². The number of carbonyl (C=O) groups excluding carboxylic acids is 2. The highest BCUT2D eigenvalue weighted by Crippen LogP contribution is 2.33. The second-order valence-corrected chi connectivity index (χ2v) is 11.1. The van der Waals surface area contributed by atoms with E-state index in [4.69, 9.17) is 4.74 Å². The summed E-state index contributed by atoms with van der Waals surface area (Å²) in [7, 11) is 1.31. The Kier molecular flexibility index (Phi) is 9.02. The highest BCUT2D eigenvalue weighted by atomic mass is 16.6. The van der Waals surface area contributed by atoms with Crippen molar-refractivity contribution in [2.45, 2.75) is 26.3 Å². The van der Waals surface area contributed by atoms with Gasteiger partial charge in [0.05, 0.1) is 40.2 Å². The van der Waals surface area contributed by atoms with Crippen molar-refractivity contribution in [1.82, 2.24) is 4.90 Å². The maximum Gasteiger partial charge on any atom is 0.337 e. The zero-order valence-electron chi connectivity index (χ0n) is 24.1. The van der Waals surface area contributed by atoms with Crippen LogP contribution in [-0.2, 0) is 11.3 Å². The van der Waals surface area contributed by atoms with Crippen LogP contribution in [-0.4, -0.2) is 68.1 Å². The lowest BCUT2D eigenvalue weighted by Crippen LogP contribution is -2.46. The third kappa shape index (κ3) is 6.71. The molecule has 0 unspecified atom stereocenters. The second kappa shape index (κ2) is 13.0. The molecule has 10 nitrogen and oxygen atoms in total. The van der Waals surface area contributed by atoms with Gasteiger partial charge in [0, 0.05) is 57.9 Å². The number of nitrogens with zero attached hydrogens (tertiary/aromatic N) is 4. The predicted molar refractivity (Wildman–Crippen MR) is 163 cm³/mol. The van der Waals surface area contributed by atoms with E-state index in [9.17, 15) is 19.7 Å². The fraction of sp³-hybridized carbons (Fsp3) is 0.375. The number of nitro groups is 1. The molecule has 3 aromatic carbocycles. The van der Waals surface area contributed by atoms with Gasteiger partial charge in [-0.25, -0.2) is 4.79 Å². The summed E-state index contributed by atoms with van der Waals surface area (Å²) in [4.78, 5) is 44.1. The average molecular weight is 572 g/mol. The smallest absolute Gasteiger partial charge is 0.337 e. The molecule has 0 radical (unpaired) electrons. The number of hydrogen-bond acceptors (Lipinski definition) is 8. The lowest BCUT2D eigenvalue weighted by molar-refractivity contribution is -0.384. The fourth-order valence-electron chi connectivity index (χ4n) is 5.68. The fourth-order valence-corrected chi connectivity index (χ4v) is 5.68. The van der Waals surface area contributed by atoms with Crippen molar-refractivity contribution >= 4 is 34.6 Å². The monoisotopic (exact) mass is 571 g/mol. The number of anilines is 3. The summed E-state index contributed by atoms with van der Waals surface area (Å²) in [6, 6.07) is 19.9. The molecule has 1 amide bonds. The lowest BCUT2D eigenvalue weighted by atomic mass is 9.97. The molecule has 2 saturated heterocycles. The van der Waals surface area contributed by atoms with E-state index in [0.717, 1.165) is 64.3 Å². The first-order valence-electron chi connectivity index (χ1n) is 14.4. The van der Waals surface area contributed by atoms with Crippen molar-refractivity contribution < 1.29 is 19.2 Å². The number of non-ortho nitro benzene ring substituents is 1. The molecule has 2 heterocycles. The van der Waals surface area contributed by atoms with Gasteiger partial charge in [-0.05, 0) is 48.6 Å². The highest BCUT2D eigenvalue weighted by Gasteiger charge is 2.26. The predicted octanol–water partition coefficient (Wildman–Crippen LogP) is 5.19. The molecular weight excluding hydrogens is 534 g/mol. The Labute approximate surface area is 246 Å². The minimum Gasteiger partial charge on any atom is -0.465 e. The van der Waals surface area contributed by atoms with Crippen LogP contribution in [0.25, 0.3) is 0 Å². The van der Waals surface area contributed by atoms with Crippen LogP contribution >= 0.6 is 0 Å². The number of nitro benzene ring substituents is 1. The average Bonchev–Trinajstić information content (AvgIpc) is 3.01. The molecule has 10 heteroatoms. The van der Waals surface area contributed by atoms with Crippen molar-refractivity contribution in [2.75, 3.05) is 61.5 Å². The number of ether oxygens (including phenoxy) is 1. The summed E-state index contributed by atoms with van der Waals surface area (Å²) in [6.07, 6.45) is 1.97. The first-order valence-corrected chi connectivity index (χ1v) is 14.4. The molecule has 0 saturated carbocycles. The van der Waals surface area contributed by atoms with Crippen molar-refractivity contribution in [3.63, 3.8) is 0 Å². The van der Waals surface area contributed by atoms with Gasteiger partial charge in [-0.15, -0.1) is 0 Å². The molecule has 2 aliphatic rings. The van der Waals surface area contributed by atoms with E-state index in [1.807, 2.05) is 24.3 Å². The lowest BCUT2D eigenvalue weighted by Gasteiger charge is -2.37. The summed E-state index contributed by atoms with van der Waals surface area (Å²) in [5, 5.41) is 14.6. The minimum atomic E-state index is -0.511. The van der Waals surface area contributed by atoms with Gasteiger partial charge in [0.25, 0.3) is 11.6 Å². The van der Waals surface area contributed by atoms with Gasteiger partial charge < -0.3 is 19.9 Å². The van der Waals surface area contributed by atoms with Gasteiger partial charge >= 0.3 is 5.97 Å². The SMILES string of the molecule is COC(=O)c1ccc(N2CCN(Cc3ccccc3)CC2)c(NC(=O)c2cc([N+](=O)[O-])ccc2N2CCC(C)CC2)c1. The number of piperidine rings is 1. The minimum absolute atomic E-state index is 0.146. The normalized spacial score (nSPS) is 16.2. The molecule has 1 N–H and O–H groups in total. The molecule has 0 aliphatic carbocycles. The summed E-state index contributed by atoms with van der Waals surface area (Å²) in [6.45, 7) is 7.77. The van der Waals surface area contributed by atoms with Crippen molar-refractivity contribution in [1.29, 1.82) is 0 Å². The number of hydrogen-bond donors (Lipinski definition) is 1. The zero-order chi connectivity index (χ0) is 29.6. The van der Waals surface area contributed by atoms with Gasteiger partial charge in [0.1, 0.15) is 0 Å². The van der Waals surface area contributed by atoms with Crippen LogP contribution in [0, 0.1) is 16.0 Å². The van der Waals surface area contributed by atoms with Crippen LogP contribution in [0.4, 0.5) is 22.7 Å². The van der Waals surface area contributed by atoms with Crippen LogP contribution in [0.2, 0.25) is 0 Å². The molecule has 0 bridgehead atoms. The Morgan fingerprint density at radius 2 is 1.57 bits per heavy atom. The Bertz CT molecular complexity index is 1430. The Morgan fingerprint density at radius 1 is 0.905 bits per heavy atom. The zero-order valence-corrected chi connectivity index (χ0v) is 24.1. The maximum absolute atomic E-state index is 13.9. The van der Waals surface area contributed by atoms with Crippen molar-refractivity contribution in [3.8, 4) is 0 Å². The van der Waals surface area contributed by atoms with Gasteiger partial charge in [-0.2, -0.15) is 0 Å². The standard InChI is InChI=1S/C32H37N5O5/c1-23-12-14-35(15-13-23)29-11-9-26(37(40)41)21-27(29)31(38)33-28-20-25(32(39)42-2)8-10-30(28)36-18-16-34(17-19-36)22-24-6-4-3-5-7-24/h3-11,20-21,23H,12-19,22H2,1-2H3,(H,33,38). The molecule has 0 aromatic heterocycles. The van der Waals surface area contributed by atoms with E-state index in [-0.39, 0.29) is 11.3 Å². The van der Waals surface area contributed by atoms with Crippen LogP contribution in [0.1, 0.15) is 46.0 Å². The van der Waals surface area contributed by atoms with Gasteiger partial charge in [0.15, 0.2) is 0 Å². The van der Waals surface area contributed by atoms with E-state index < -0.39 is 16.8 Å². The number of rotatable bonds is 8. The van der Waals surface area contributed by atoms with Gasteiger partial charge in [0.2, 0.25) is 0 Å². The summed E-state index contributed by atoms with van der Waals surface area (Å²) in [5.41, 5.74) is 3.58. The third-order valence-electron chi connectivity index (χ3n) is 8.19. The van der Waals surface area contributed by atoms with Crippen LogP contribution in [0.15, 0.2) is 66.7 Å². The van der Waals surface area contributed by atoms with Crippen molar-refractivity contribution in [3.05, 3.63) is 93.5 Å². The molecule has 0 spiro atoms. The number of esters is 1. The van der Waals surface area contributed by atoms with Gasteiger partial charge in [-0.1, -0.05) is 37.3 Å². The Hall–Kier alpha value is -4.44. The van der Waals surface area contributed by atoms with E-state index >= 15 is 0 Å². The van der Waals surface area contributed by atoms with Gasteiger partial charge in [-0.3, -0.25) is 19.8 Å². The molecule has 3 aromatic rings. The third-order valence-corrected chi connectivity index (χ3v) is 8.19. The second-order valence-electron chi connectivity index (χ2n) is 11.1. The molecule has 2 fully saturated rings. The number of amides is 1. The van der Waals surface area contributed by atoms with E-state index in [2.05, 4.69) is 39.1 Å². The molecule has 220 valence electrons. The summed E-state index contributed by atoms with van der Waals surface area (Å²) >= 11 is 0. The summed E-state index contributed by atoms with van der Waals surface area (Å²) in [5.74, 6) is -0.380. The molecule has 0 atom stereocenters. The Balaban J connectivity index is 1.41. The number of benzene rings is 3. The van der Waals surface area contributed by atoms with Crippen LogP contribution < -0.4 is 15.1 Å². The highest BCUT2D eigenvalue weighted by molar-refractivity contribution is 6.10. The molecule has 5 rings (SSSR count). The molecule has 42 heavy (non-hydrogen) atoms. The van der Waals surface area contributed by atoms with Crippen LogP contribution in [0.5, 0.6) is 0 Å². The quantitative estimate of drug-likeness (QED) is 0.224. The number of carbonyl (C=O) groups is 2. The molecular formula is C32H37N5O5. The molecule has 2 aliphatic heterocycles. The first-order chi connectivity index (χ1) is 20.3. The van der Waals surface area contributed by atoms with Crippen molar-refractivity contribution in [2.24, 2.45) is 5.92 Å². The topological polar surface area (TPSA) is 108 Å². The number of piperazine rings is 1. The number of methoxy groups -OCH3 is 1. The van der Waals surface area contributed by atoms with Crippen LogP contribution in [0.3, 0.4) is 0 Å². The maximum atomic E-state index is 13.9. The van der Waals surface area contributed by atoms with E-state index in [0.29, 0.717) is 22.9 Å².